The van der Waals surface area contributed by atoms with Crippen molar-refractivity contribution in [1.29, 1.82) is 0 Å². The Kier molecular flexibility index (Phi) is 2.68. The summed E-state index contributed by atoms with van der Waals surface area (Å²) in [4.78, 5) is 15.6. The van der Waals surface area contributed by atoms with Gasteiger partial charge < -0.3 is 4.74 Å². The normalized spacial score (nSPS) is 18.4. The molecule has 0 fully saturated rings. The summed E-state index contributed by atoms with van der Waals surface area (Å²) in [7, 11) is 0. The third kappa shape index (κ3) is 1.82. The Morgan fingerprint density at radius 3 is 2.89 bits per heavy atom. The summed E-state index contributed by atoms with van der Waals surface area (Å²) in [5.74, 6) is 0.845. The van der Waals surface area contributed by atoms with Crippen LogP contribution in [0, 0.1) is 0 Å². The fourth-order valence-electron chi connectivity index (χ4n) is 2.07. The third-order valence-electron chi connectivity index (χ3n) is 2.94. The van der Waals surface area contributed by atoms with E-state index in [9.17, 15) is 4.79 Å². The first-order valence-electron chi connectivity index (χ1n) is 5.88. The molecule has 1 aliphatic heterocycles. The lowest BCUT2D eigenvalue weighted by Gasteiger charge is -2.22. The second-order valence-corrected chi connectivity index (χ2v) is 4.23. The molecule has 3 rings (SSSR count). The number of aromatic nitrogens is 3. The number of ketones is 1. The van der Waals surface area contributed by atoms with E-state index in [1.54, 1.807) is 4.68 Å². The first-order chi connectivity index (χ1) is 8.75. The first-order valence-corrected chi connectivity index (χ1v) is 5.88. The molecule has 1 aromatic carbocycles. The molecule has 0 saturated heterocycles. The topological polar surface area (TPSA) is 57.0 Å². The van der Waals surface area contributed by atoms with Crippen LogP contribution in [0.1, 0.15) is 35.0 Å². The molecule has 1 aliphatic rings. The highest BCUT2D eigenvalue weighted by atomic mass is 16.5. The molecule has 0 spiro atoms. The van der Waals surface area contributed by atoms with E-state index in [4.69, 9.17) is 4.74 Å². The number of benzene rings is 1. The van der Waals surface area contributed by atoms with Gasteiger partial charge in [0.15, 0.2) is 11.6 Å². The Morgan fingerprint density at radius 1 is 1.39 bits per heavy atom. The van der Waals surface area contributed by atoms with Crippen molar-refractivity contribution in [3.8, 4) is 0 Å². The van der Waals surface area contributed by atoms with Crippen LogP contribution in [0.15, 0.2) is 30.3 Å². The van der Waals surface area contributed by atoms with Gasteiger partial charge in [-0.2, -0.15) is 0 Å². The Bertz CT molecular complexity index is 577. The molecule has 0 saturated carbocycles. The zero-order valence-electron chi connectivity index (χ0n) is 10.0. The summed E-state index contributed by atoms with van der Waals surface area (Å²) in [5, 5.41) is 4.20. The molecule has 0 amide bonds. The van der Waals surface area contributed by atoms with Gasteiger partial charge in [-0.25, -0.2) is 9.67 Å². The molecule has 92 valence electrons. The summed E-state index contributed by atoms with van der Waals surface area (Å²) >= 11 is 0. The van der Waals surface area contributed by atoms with Gasteiger partial charge in [-0.15, -0.1) is 5.10 Å². The number of nitrogens with zero attached hydrogens (tertiary/aromatic N) is 3. The molecule has 0 radical (unpaired) electrons. The van der Waals surface area contributed by atoms with Gasteiger partial charge in [0, 0.05) is 6.92 Å². The molecular formula is C13H13N3O2. The number of rotatable bonds is 2. The average Bonchev–Trinajstić information content (AvgIpc) is 2.83. The molecule has 18 heavy (non-hydrogen) atoms. The van der Waals surface area contributed by atoms with Gasteiger partial charge in [-0.3, -0.25) is 4.79 Å². The van der Waals surface area contributed by atoms with Crippen molar-refractivity contribution < 1.29 is 9.53 Å². The van der Waals surface area contributed by atoms with Gasteiger partial charge in [0.1, 0.15) is 6.10 Å². The summed E-state index contributed by atoms with van der Waals surface area (Å²) in [5.41, 5.74) is 1.03. The standard InChI is InChI=1S/C13H13N3O2/c1-9(17)12-14-13-11(10-5-3-2-4-6-10)18-8-7-16(13)15-12/h2-6,11H,7-8H2,1H3/t11-/m0/s1. The van der Waals surface area contributed by atoms with Crippen molar-refractivity contribution in [3.05, 3.63) is 47.5 Å². The lowest BCUT2D eigenvalue weighted by Crippen LogP contribution is -2.23. The van der Waals surface area contributed by atoms with Crippen molar-refractivity contribution in [2.24, 2.45) is 0 Å². The largest absolute Gasteiger partial charge is 0.364 e. The van der Waals surface area contributed by atoms with Crippen LogP contribution in [0.25, 0.3) is 0 Å². The SMILES string of the molecule is CC(=O)c1nc2n(n1)CCO[C@H]2c1ccccc1. The van der Waals surface area contributed by atoms with Crippen LogP contribution in [-0.2, 0) is 11.3 Å². The highest BCUT2D eigenvalue weighted by Gasteiger charge is 2.27. The maximum absolute atomic E-state index is 11.3. The van der Waals surface area contributed by atoms with Crippen LogP contribution in [0.2, 0.25) is 0 Å². The van der Waals surface area contributed by atoms with Gasteiger partial charge in [-0.1, -0.05) is 30.3 Å². The van der Waals surface area contributed by atoms with Crippen molar-refractivity contribution in [2.45, 2.75) is 19.6 Å². The van der Waals surface area contributed by atoms with E-state index < -0.39 is 0 Å². The number of carbonyl (C=O) groups excluding carboxylic acids is 1. The summed E-state index contributed by atoms with van der Waals surface area (Å²) < 4.78 is 7.51. The number of fused-ring (bicyclic) bond motifs is 1. The average molecular weight is 243 g/mol. The quantitative estimate of drug-likeness (QED) is 0.752. The third-order valence-corrected chi connectivity index (χ3v) is 2.94. The highest BCUT2D eigenvalue weighted by Crippen LogP contribution is 2.27. The number of Topliss-reactive ketones (excluding diaryl/α,β-unsaturated/α-hetero) is 1. The second kappa shape index (κ2) is 4.34. The molecule has 5 heteroatoms. The molecule has 0 N–H and O–H groups in total. The van der Waals surface area contributed by atoms with Crippen LogP contribution in [-0.4, -0.2) is 27.2 Å². The monoisotopic (exact) mass is 243 g/mol. The van der Waals surface area contributed by atoms with E-state index in [1.165, 1.54) is 6.92 Å². The van der Waals surface area contributed by atoms with Crippen LogP contribution in [0.4, 0.5) is 0 Å². The number of carbonyl (C=O) groups is 1. The fraction of sp³-hybridized carbons (Fsp3) is 0.308. The lowest BCUT2D eigenvalue weighted by molar-refractivity contribution is 0.0389. The van der Waals surface area contributed by atoms with Gasteiger partial charge >= 0.3 is 0 Å². The van der Waals surface area contributed by atoms with Crippen LogP contribution >= 0.6 is 0 Å². The molecule has 0 aliphatic carbocycles. The van der Waals surface area contributed by atoms with E-state index >= 15 is 0 Å². The minimum absolute atomic E-state index is 0.122. The maximum atomic E-state index is 11.3. The molecule has 2 heterocycles. The zero-order valence-corrected chi connectivity index (χ0v) is 10.0. The molecular weight excluding hydrogens is 230 g/mol. The lowest BCUT2D eigenvalue weighted by atomic mass is 10.1. The van der Waals surface area contributed by atoms with Gasteiger partial charge in [-0.05, 0) is 5.56 Å². The maximum Gasteiger partial charge on any atom is 0.217 e. The van der Waals surface area contributed by atoms with E-state index in [0.29, 0.717) is 19.0 Å². The number of hydrogen-bond donors (Lipinski definition) is 0. The van der Waals surface area contributed by atoms with Crippen LogP contribution < -0.4 is 0 Å². The Balaban J connectivity index is 2.04. The number of hydrogen-bond acceptors (Lipinski definition) is 4. The minimum Gasteiger partial charge on any atom is -0.364 e. The Hall–Kier alpha value is -2.01. The fourth-order valence-corrected chi connectivity index (χ4v) is 2.07. The zero-order chi connectivity index (χ0) is 12.5. The van der Waals surface area contributed by atoms with E-state index in [0.717, 1.165) is 5.56 Å². The van der Waals surface area contributed by atoms with Gasteiger partial charge in [0.05, 0.1) is 13.2 Å². The van der Waals surface area contributed by atoms with E-state index in [-0.39, 0.29) is 17.7 Å². The van der Waals surface area contributed by atoms with Crippen LogP contribution in [0.3, 0.4) is 0 Å². The molecule has 0 unspecified atom stereocenters. The van der Waals surface area contributed by atoms with Crippen molar-refractivity contribution in [1.82, 2.24) is 14.8 Å². The second-order valence-electron chi connectivity index (χ2n) is 4.23. The van der Waals surface area contributed by atoms with Crippen molar-refractivity contribution >= 4 is 5.78 Å². The molecule has 5 nitrogen and oxygen atoms in total. The van der Waals surface area contributed by atoms with Gasteiger partial charge in [0.25, 0.3) is 0 Å². The molecule has 1 atom stereocenters. The van der Waals surface area contributed by atoms with Crippen molar-refractivity contribution in [3.63, 3.8) is 0 Å². The Morgan fingerprint density at radius 2 is 2.17 bits per heavy atom. The predicted molar refractivity (Wildman–Crippen MR) is 64.3 cm³/mol. The molecule has 1 aromatic heterocycles. The first kappa shape index (κ1) is 11.1. The smallest absolute Gasteiger partial charge is 0.217 e. The minimum atomic E-state index is -0.236. The summed E-state index contributed by atoms with van der Waals surface area (Å²) in [6.45, 7) is 2.69. The van der Waals surface area contributed by atoms with E-state index in [1.807, 2.05) is 30.3 Å². The number of ether oxygens (including phenoxy) is 1. The predicted octanol–water partition coefficient (Wildman–Crippen LogP) is 1.60. The summed E-state index contributed by atoms with van der Waals surface area (Å²) in [6.07, 6.45) is -0.236. The summed E-state index contributed by atoms with van der Waals surface area (Å²) in [6, 6.07) is 9.85. The van der Waals surface area contributed by atoms with Crippen LogP contribution in [0.5, 0.6) is 0 Å². The molecule has 2 aromatic rings. The highest BCUT2D eigenvalue weighted by molar-refractivity contribution is 5.90. The van der Waals surface area contributed by atoms with Crippen molar-refractivity contribution in [2.75, 3.05) is 6.61 Å². The Labute approximate surface area is 104 Å². The van der Waals surface area contributed by atoms with Gasteiger partial charge in [0.2, 0.25) is 5.82 Å². The van der Waals surface area contributed by atoms with E-state index in [2.05, 4.69) is 10.1 Å². The molecule has 0 bridgehead atoms.